The fourth-order valence-electron chi connectivity index (χ4n) is 0.965. The Bertz CT molecular complexity index is 325. The van der Waals surface area contributed by atoms with Crippen LogP contribution >= 0.6 is 15.9 Å². The Hall–Kier alpha value is -0.900. The lowest BCUT2D eigenvalue weighted by Gasteiger charge is -2.04. The van der Waals surface area contributed by atoms with Crippen molar-refractivity contribution in [2.45, 2.75) is 13.3 Å². The molecule has 0 aliphatic rings. The summed E-state index contributed by atoms with van der Waals surface area (Å²) in [4.78, 5) is 15.1. The van der Waals surface area contributed by atoms with Gasteiger partial charge in [-0.25, -0.2) is 0 Å². The van der Waals surface area contributed by atoms with Crippen LogP contribution in [0.3, 0.4) is 0 Å². The number of rotatable bonds is 2. The highest BCUT2D eigenvalue weighted by atomic mass is 79.9. The molecule has 1 aromatic rings. The topological polar surface area (TPSA) is 39.2 Å². The summed E-state index contributed by atoms with van der Waals surface area (Å²) in [6.45, 7) is 1.88. The number of esters is 1. The number of hydrogen-bond acceptors (Lipinski definition) is 3. The maximum atomic E-state index is 11.0. The van der Waals surface area contributed by atoms with Crippen LogP contribution in [-0.4, -0.2) is 18.1 Å². The van der Waals surface area contributed by atoms with Gasteiger partial charge in [-0.3, -0.25) is 9.78 Å². The number of aromatic nitrogens is 1. The molecule has 0 radical (unpaired) electrons. The van der Waals surface area contributed by atoms with Gasteiger partial charge >= 0.3 is 5.97 Å². The van der Waals surface area contributed by atoms with Crippen molar-refractivity contribution in [2.75, 3.05) is 7.11 Å². The Morgan fingerprint density at radius 2 is 2.38 bits per heavy atom. The van der Waals surface area contributed by atoms with E-state index >= 15 is 0 Å². The van der Waals surface area contributed by atoms with Crippen LogP contribution in [0, 0.1) is 6.92 Å². The Morgan fingerprint density at radius 3 is 3.00 bits per heavy atom. The molecule has 0 atom stereocenters. The predicted octanol–water partition coefficient (Wildman–Crippen LogP) is 1.87. The van der Waals surface area contributed by atoms with E-state index in [-0.39, 0.29) is 12.4 Å². The molecule has 1 rings (SSSR count). The highest BCUT2D eigenvalue weighted by molar-refractivity contribution is 9.10. The molecule has 0 aliphatic heterocycles. The number of nitrogens with zero attached hydrogens (tertiary/aromatic N) is 1. The zero-order valence-corrected chi connectivity index (χ0v) is 9.09. The first-order chi connectivity index (χ1) is 6.15. The number of halogens is 1. The summed E-state index contributed by atoms with van der Waals surface area (Å²) in [5.74, 6) is -0.244. The van der Waals surface area contributed by atoms with Crippen molar-refractivity contribution in [1.29, 1.82) is 0 Å². The van der Waals surface area contributed by atoms with Gasteiger partial charge in [0.2, 0.25) is 0 Å². The Kier molecular flexibility index (Phi) is 3.42. The molecule has 3 nitrogen and oxygen atoms in total. The van der Waals surface area contributed by atoms with E-state index < -0.39 is 0 Å². The number of hydrogen-bond donors (Lipinski definition) is 0. The van der Waals surface area contributed by atoms with E-state index in [9.17, 15) is 4.79 Å². The first-order valence-corrected chi connectivity index (χ1v) is 4.61. The van der Waals surface area contributed by atoms with Crippen molar-refractivity contribution in [3.8, 4) is 0 Å². The zero-order valence-electron chi connectivity index (χ0n) is 7.50. The van der Waals surface area contributed by atoms with Gasteiger partial charge in [-0.2, -0.15) is 0 Å². The fraction of sp³-hybridized carbons (Fsp3) is 0.333. The van der Waals surface area contributed by atoms with Gasteiger partial charge in [0.1, 0.15) is 0 Å². The van der Waals surface area contributed by atoms with Crippen LogP contribution in [0.4, 0.5) is 0 Å². The summed E-state index contributed by atoms with van der Waals surface area (Å²) in [7, 11) is 1.38. The average molecular weight is 244 g/mol. The summed E-state index contributed by atoms with van der Waals surface area (Å²) in [6.07, 6.45) is 1.96. The molecule has 0 spiro atoms. The standard InChI is InChI=1S/C9H10BrNO2/c1-6-9(10)7(3-4-11-6)5-8(12)13-2/h3-4H,5H2,1-2H3. The second-order valence-corrected chi connectivity index (χ2v) is 3.42. The molecule has 0 unspecified atom stereocenters. The maximum absolute atomic E-state index is 11.0. The third-order valence-electron chi connectivity index (χ3n) is 1.71. The third-order valence-corrected chi connectivity index (χ3v) is 2.79. The molecule has 0 saturated heterocycles. The molecule has 0 aliphatic carbocycles. The molecular formula is C9H10BrNO2. The van der Waals surface area contributed by atoms with Crippen LogP contribution in [0.25, 0.3) is 0 Å². The van der Waals surface area contributed by atoms with E-state index in [4.69, 9.17) is 0 Å². The summed E-state index contributed by atoms with van der Waals surface area (Å²) in [5.41, 5.74) is 1.78. The van der Waals surface area contributed by atoms with Gasteiger partial charge in [-0.05, 0) is 34.5 Å². The molecule has 70 valence electrons. The van der Waals surface area contributed by atoms with E-state index in [0.29, 0.717) is 0 Å². The normalized spacial score (nSPS) is 9.77. The number of pyridine rings is 1. The molecule has 1 heterocycles. The monoisotopic (exact) mass is 243 g/mol. The molecule has 4 heteroatoms. The van der Waals surface area contributed by atoms with E-state index in [1.807, 2.05) is 6.92 Å². The van der Waals surface area contributed by atoms with Crippen molar-refractivity contribution < 1.29 is 9.53 Å². The lowest BCUT2D eigenvalue weighted by molar-refractivity contribution is -0.139. The van der Waals surface area contributed by atoms with E-state index in [0.717, 1.165) is 15.7 Å². The molecule has 0 bridgehead atoms. The van der Waals surface area contributed by atoms with Crippen molar-refractivity contribution in [1.82, 2.24) is 4.98 Å². The SMILES string of the molecule is COC(=O)Cc1ccnc(C)c1Br. The van der Waals surface area contributed by atoms with Gasteiger partial charge in [0, 0.05) is 10.7 Å². The summed E-state index contributed by atoms with van der Waals surface area (Å²) >= 11 is 3.37. The number of methoxy groups -OCH3 is 1. The minimum absolute atomic E-state index is 0.244. The van der Waals surface area contributed by atoms with Gasteiger partial charge in [-0.1, -0.05) is 0 Å². The Labute approximate surface area is 85.3 Å². The van der Waals surface area contributed by atoms with Crippen molar-refractivity contribution in [3.63, 3.8) is 0 Å². The molecule has 1 aromatic heterocycles. The average Bonchev–Trinajstić information content (AvgIpc) is 2.13. The minimum atomic E-state index is -0.244. The van der Waals surface area contributed by atoms with Gasteiger partial charge in [-0.15, -0.1) is 0 Å². The first kappa shape index (κ1) is 10.2. The molecule has 13 heavy (non-hydrogen) atoms. The second kappa shape index (κ2) is 4.37. The minimum Gasteiger partial charge on any atom is -0.469 e. The lowest BCUT2D eigenvalue weighted by atomic mass is 10.2. The number of carbonyl (C=O) groups is 1. The Morgan fingerprint density at radius 1 is 1.69 bits per heavy atom. The second-order valence-electron chi connectivity index (χ2n) is 2.62. The number of carbonyl (C=O) groups excluding carboxylic acids is 1. The van der Waals surface area contributed by atoms with Crippen LogP contribution in [0.15, 0.2) is 16.7 Å². The van der Waals surface area contributed by atoms with Gasteiger partial charge in [0.05, 0.1) is 19.2 Å². The van der Waals surface area contributed by atoms with E-state index in [1.54, 1.807) is 12.3 Å². The van der Waals surface area contributed by atoms with Crippen LogP contribution in [0.2, 0.25) is 0 Å². The predicted molar refractivity (Wildman–Crippen MR) is 52.4 cm³/mol. The summed E-state index contributed by atoms with van der Waals surface area (Å²) < 4.78 is 5.44. The molecule has 0 amide bonds. The summed E-state index contributed by atoms with van der Waals surface area (Å²) in [5, 5.41) is 0. The fourth-order valence-corrected chi connectivity index (χ4v) is 1.34. The van der Waals surface area contributed by atoms with Crippen LogP contribution < -0.4 is 0 Å². The number of ether oxygens (including phenoxy) is 1. The van der Waals surface area contributed by atoms with E-state index in [1.165, 1.54) is 7.11 Å². The number of aryl methyl sites for hydroxylation is 1. The van der Waals surface area contributed by atoms with Crippen molar-refractivity contribution in [3.05, 3.63) is 28.0 Å². The molecule has 0 saturated carbocycles. The smallest absolute Gasteiger partial charge is 0.310 e. The quantitative estimate of drug-likeness (QED) is 0.745. The zero-order chi connectivity index (χ0) is 9.84. The highest BCUT2D eigenvalue weighted by Gasteiger charge is 2.08. The Balaban J connectivity index is 2.89. The van der Waals surface area contributed by atoms with Crippen LogP contribution in [-0.2, 0) is 16.0 Å². The first-order valence-electron chi connectivity index (χ1n) is 3.82. The highest BCUT2D eigenvalue weighted by Crippen LogP contribution is 2.19. The van der Waals surface area contributed by atoms with Gasteiger partial charge in [0.25, 0.3) is 0 Å². The van der Waals surface area contributed by atoms with Crippen molar-refractivity contribution in [2.24, 2.45) is 0 Å². The molecule has 0 fully saturated rings. The largest absolute Gasteiger partial charge is 0.469 e. The van der Waals surface area contributed by atoms with Crippen molar-refractivity contribution >= 4 is 21.9 Å². The van der Waals surface area contributed by atoms with Gasteiger partial charge in [0.15, 0.2) is 0 Å². The lowest BCUT2D eigenvalue weighted by Crippen LogP contribution is -2.05. The van der Waals surface area contributed by atoms with E-state index in [2.05, 4.69) is 25.7 Å². The molecule has 0 aromatic carbocycles. The van der Waals surface area contributed by atoms with Gasteiger partial charge < -0.3 is 4.74 Å². The molecular weight excluding hydrogens is 234 g/mol. The van der Waals surface area contributed by atoms with Crippen LogP contribution in [0.5, 0.6) is 0 Å². The van der Waals surface area contributed by atoms with Crippen LogP contribution in [0.1, 0.15) is 11.3 Å². The molecule has 0 N–H and O–H groups in total. The maximum Gasteiger partial charge on any atom is 0.310 e. The summed E-state index contributed by atoms with van der Waals surface area (Å²) in [6, 6.07) is 1.80. The third kappa shape index (κ3) is 2.52.